The number of anilines is 1. The average Bonchev–Trinajstić information content (AvgIpc) is 3.45. The summed E-state index contributed by atoms with van der Waals surface area (Å²) in [6, 6.07) is 6.02. The van der Waals surface area contributed by atoms with Crippen molar-refractivity contribution in [1.29, 1.82) is 5.26 Å². The first-order chi connectivity index (χ1) is 16.0. The van der Waals surface area contributed by atoms with Gasteiger partial charge in [-0.05, 0) is 36.0 Å². The summed E-state index contributed by atoms with van der Waals surface area (Å²) in [6.07, 6.45) is 6.03. The van der Waals surface area contributed by atoms with Crippen molar-refractivity contribution in [2.24, 2.45) is 0 Å². The van der Waals surface area contributed by atoms with Crippen molar-refractivity contribution in [2.45, 2.75) is 51.2 Å². The highest BCUT2D eigenvalue weighted by atomic mass is 32.1. The molecule has 4 rings (SSSR count). The Bertz CT molecular complexity index is 1160. The van der Waals surface area contributed by atoms with Crippen LogP contribution < -0.4 is 5.32 Å². The molecule has 0 aliphatic heterocycles. The Balaban J connectivity index is 1.35. The van der Waals surface area contributed by atoms with E-state index in [-0.39, 0.29) is 31.0 Å². The van der Waals surface area contributed by atoms with Crippen molar-refractivity contribution in [1.82, 2.24) is 9.97 Å². The molecule has 0 aromatic carbocycles. The number of thiophene rings is 1. The Morgan fingerprint density at radius 2 is 2.24 bits per heavy atom. The number of nitrogens with one attached hydrogen (secondary N) is 1. The summed E-state index contributed by atoms with van der Waals surface area (Å²) < 4.78 is 10.6. The van der Waals surface area contributed by atoms with Gasteiger partial charge in [0.1, 0.15) is 23.8 Å². The number of ether oxygens (including phenoxy) is 2. The predicted octanol–water partition coefficient (Wildman–Crippen LogP) is 4.81. The zero-order valence-corrected chi connectivity index (χ0v) is 19.6. The third-order valence-electron chi connectivity index (χ3n) is 5.41. The normalized spacial score (nSPS) is 15.7. The lowest BCUT2D eigenvalue weighted by atomic mass is 9.93. The molecular weight excluding hydrogens is 460 g/mol. The van der Waals surface area contributed by atoms with Crippen LogP contribution in [0.3, 0.4) is 0 Å². The molecule has 0 saturated carbocycles. The highest BCUT2D eigenvalue weighted by molar-refractivity contribution is 7.16. The van der Waals surface area contributed by atoms with E-state index in [0.29, 0.717) is 29.8 Å². The molecule has 170 valence electrons. The number of amides is 1. The van der Waals surface area contributed by atoms with Gasteiger partial charge in [-0.1, -0.05) is 13.0 Å². The van der Waals surface area contributed by atoms with Crippen LogP contribution in [-0.2, 0) is 33.7 Å². The average molecular weight is 483 g/mol. The lowest BCUT2D eigenvalue weighted by Gasteiger charge is -2.21. The van der Waals surface area contributed by atoms with Crippen LogP contribution in [0, 0.1) is 11.3 Å². The van der Waals surface area contributed by atoms with Crippen LogP contribution >= 0.6 is 22.7 Å². The fourth-order valence-electron chi connectivity index (χ4n) is 3.72. The quantitative estimate of drug-likeness (QED) is 0.480. The first kappa shape index (κ1) is 22.9. The van der Waals surface area contributed by atoms with Gasteiger partial charge in [-0.25, -0.2) is 4.79 Å². The molecule has 0 radical (unpaired) electrons. The molecule has 2 unspecified atom stereocenters. The number of thiazole rings is 1. The van der Waals surface area contributed by atoms with E-state index in [0.717, 1.165) is 20.9 Å². The number of nitriles is 1. The lowest BCUT2D eigenvalue weighted by molar-refractivity contribution is -0.116. The molecule has 3 aromatic heterocycles. The monoisotopic (exact) mass is 482 g/mol. The number of pyridine rings is 1. The number of carbonyl (C=O) groups is 2. The molecule has 0 spiro atoms. The van der Waals surface area contributed by atoms with Crippen LogP contribution in [0.15, 0.2) is 36.2 Å². The number of rotatable bonds is 7. The van der Waals surface area contributed by atoms with E-state index < -0.39 is 6.16 Å². The Morgan fingerprint density at radius 3 is 2.97 bits per heavy atom. The summed E-state index contributed by atoms with van der Waals surface area (Å²) >= 11 is 2.78. The molecule has 2 atom stereocenters. The maximum atomic E-state index is 12.6. The van der Waals surface area contributed by atoms with E-state index in [1.807, 2.05) is 19.1 Å². The van der Waals surface area contributed by atoms with Crippen molar-refractivity contribution in [2.75, 3.05) is 5.32 Å². The lowest BCUT2D eigenvalue weighted by Crippen LogP contribution is -2.25. The van der Waals surface area contributed by atoms with Crippen molar-refractivity contribution in [3.05, 3.63) is 62.7 Å². The molecule has 1 N–H and O–H groups in total. The van der Waals surface area contributed by atoms with E-state index in [4.69, 9.17) is 9.47 Å². The smallest absolute Gasteiger partial charge is 0.431 e. The molecule has 1 amide bonds. The fraction of sp³-hybridized carbons (Fsp3) is 0.348. The molecule has 10 heteroatoms. The van der Waals surface area contributed by atoms with Gasteiger partial charge in [-0.15, -0.1) is 22.7 Å². The predicted molar refractivity (Wildman–Crippen MR) is 124 cm³/mol. The fourth-order valence-corrected chi connectivity index (χ4v) is 5.50. The summed E-state index contributed by atoms with van der Waals surface area (Å²) in [6.45, 7) is 2.10. The van der Waals surface area contributed by atoms with Crippen molar-refractivity contribution in [3.63, 3.8) is 0 Å². The molecular formula is C23H22N4O4S2. The van der Waals surface area contributed by atoms with Crippen LogP contribution in [-0.4, -0.2) is 28.1 Å². The van der Waals surface area contributed by atoms with Crippen LogP contribution in [0.5, 0.6) is 0 Å². The maximum Gasteiger partial charge on any atom is 0.508 e. The van der Waals surface area contributed by atoms with E-state index in [2.05, 4.69) is 21.4 Å². The number of fused-ring (bicyclic) bond motifs is 1. The summed E-state index contributed by atoms with van der Waals surface area (Å²) in [5.41, 5.74) is 4.09. The van der Waals surface area contributed by atoms with Crippen LogP contribution in [0.1, 0.15) is 52.1 Å². The third-order valence-corrected chi connectivity index (χ3v) is 7.33. The second-order valence-corrected chi connectivity index (χ2v) is 9.82. The third kappa shape index (κ3) is 5.74. The number of hydrogen-bond donors (Lipinski definition) is 1. The standard InChI is InChI=1S/C23H22N4O4S2/c1-14(15-3-2-6-25-10-15)7-21(28)27-22-19(9-24)18-5-4-16(8-20(18)33-22)31-23(29)30-12-17-11-26-13-32-17/h2-3,6,10-11,13-14,16H,4-5,7-8,12H2,1H3,(H,27,28). The molecule has 1 aliphatic rings. The zero-order valence-electron chi connectivity index (χ0n) is 17.9. The molecule has 0 bridgehead atoms. The van der Waals surface area contributed by atoms with Gasteiger partial charge in [0, 0.05) is 36.3 Å². The second kappa shape index (κ2) is 10.6. The molecule has 0 fully saturated rings. The van der Waals surface area contributed by atoms with E-state index in [1.54, 1.807) is 24.1 Å². The minimum atomic E-state index is -0.716. The number of hydrogen-bond acceptors (Lipinski definition) is 9. The van der Waals surface area contributed by atoms with Crippen molar-refractivity contribution < 1.29 is 19.1 Å². The molecule has 3 heterocycles. The summed E-state index contributed by atoms with van der Waals surface area (Å²) in [7, 11) is 0. The van der Waals surface area contributed by atoms with Crippen LogP contribution in [0.4, 0.5) is 9.80 Å². The van der Waals surface area contributed by atoms with Gasteiger partial charge in [0.2, 0.25) is 5.91 Å². The minimum Gasteiger partial charge on any atom is -0.431 e. The van der Waals surface area contributed by atoms with Gasteiger partial charge in [0.15, 0.2) is 0 Å². The van der Waals surface area contributed by atoms with Gasteiger partial charge >= 0.3 is 6.16 Å². The Labute approximate surface area is 199 Å². The number of nitrogens with zero attached hydrogens (tertiary/aromatic N) is 3. The number of aromatic nitrogens is 2. The largest absolute Gasteiger partial charge is 0.508 e. The molecule has 8 nitrogen and oxygen atoms in total. The van der Waals surface area contributed by atoms with Gasteiger partial charge in [0.05, 0.1) is 16.0 Å². The summed E-state index contributed by atoms with van der Waals surface area (Å²) in [5.74, 6) is -0.145. The van der Waals surface area contributed by atoms with Gasteiger partial charge < -0.3 is 14.8 Å². The second-order valence-electron chi connectivity index (χ2n) is 7.75. The van der Waals surface area contributed by atoms with E-state index in [9.17, 15) is 14.9 Å². The van der Waals surface area contributed by atoms with E-state index in [1.165, 1.54) is 22.7 Å². The zero-order chi connectivity index (χ0) is 23.2. The molecule has 3 aromatic rings. The maximum absolute atomic E-state index is 12.6. The Hall–Kier alpha value is -3.29. The Kier molecular flexibility index (Phi) is 7.32. The first-order valence-corrected chi connectivity index (χ1v) is 12.2. The summed E-state index contributed by atoms with van der Waals surface area (Å²) in [4.78, 5) is 34.5. The van der Waals surface area contributed by atoms with Gasteiger partial charge in [-0.3, -0.25) is 14.8 Å². The van der Waals surface area contributed by atoms with Gasteiger partial charge in [0.25, 0.3) is 0 Å². The van der Waals surface area contributed by atoms with E-state index >= 15 is 0 Å². The topological polar surface area (TPSA) is 114 Å². The highest BCUT2D eigenvalue weighted by Crippen LogP contribution is 2.38. The summed E-state index contributed by atoms with van der Waals surface area (Å²) in [5, 5.41) is 13.2. The van der Waals surface area contributed by atoms with Gasteiger partial charge in [-0.2, -0.15) is 5.26 Å². The molecule has 33 heavy (non-hydrogen) atoms. The molecule has 0 saturated heterocycles. The highest BCUT2D eigenvalue weighted by Gasteiger charge is 2.29. The van der Waals surface area contributed by atoms with Crippen LogP contribution in [0.25, 0.3) is 0 Å². The van der Waals surface area contributed by atoms with Crippen molar-refractivity contribution in [3.8, 4) is 6.07 Å². The molecule has 1 aliphatic carbocycles. The minimum absolute atomic E-state index is 0.00701. The Morgan fingerprint density at radius 1 is 1.36 bits per heavy atom. The SMILES string of the molecule is CC(CC(=O)Nc1sc2c(c1C#N)CCC(OC(=O)OCc1cncs1)C2)c1cccnc1. The first-order valence-electron chi connectivity index (χ1n) is 10.5. The number of carbonyl (C=O) groups excluding carboxylic acids is 2. The van der Waals surface area contributed by atoms with Crippen molar-refractivity contribution >= 4 is 39.7 Å². The van der Waals surface area contributed by atoms with Crippen LogP contribution in [0.2, 0.25) is 0 Å².